The number of hydrogen-bond acceptors (Lipinski definition) is 3. The molecule has 1 saturated heterocycles. The second-order valence-corrected chi connectivity index (χ2v) is 4.60. The van der Waals surface area contributed by atoms with Gasteiger partial charge in [-0.2, -0.15) is 13.2 Å². The standard InChI is InChI=1S/C12H14F4N2O/c13-10-9(1-4-17-11(10)12(14,15)16)18-5-2-8(7-19)3-6-18/h1,4,8,19H,2-3,5-7H2. The molecular formula is C12H14F4N2O. The third-order valence-electron chi connectivity index (χ3n) is 3.35. The number of halogens is 4. The smallest absolute Gasteiger partial charge is 0.396 e. The quantitative estimate of drug-likeness (QED) is 0.844. The van der Waals surface area contributed by atoms with E-state index in [0.717, 1.165) is 6.20 Å². The maximum Gasteiger partial charge on any atom is 0.436 e. The predicted octanol–water partition coefficient (Wildman–Crippen LogP) is 2.45. The first-order valence-electron chi connectivity index (χ1n) is 6.01. The van der Waals surface area contributed by atoms with Gasteiger partial charge >= 0.3 is 6.18 Å². The van der Waals surface area contributed by atoms with E-state index in [9.17, 15) is 17.6 Å². The van der Waals surface area contributed by atoms with Crippen LogP contribution in [-0.2, 0) is 6.18 Å². The molecular weight excluding hydrogens is 264 g/mol. The van der Waals surface area contributed by atoms with Crippen LogP contribution in [0.3, 0.4) is 0 Å². The molecule has 0 unspecified atom stereocenters. The summed E-state index contributed by atoms with van der Waals surface area (Å²) in [6, 6.07) is 1.25. The Balaban J connectivity index is 2.22. The van der Waals surface area contributed by atoms with Crippen molar-refractivity contribution < 1.29 is 22.7 Å². The average Bonchev–Trinajstić information content (AvgIpc) is 2.38. The fraction of sp³-hybridized carbons (Fsp3) is 0.583. The van der Waals surface area contributed by atoms with Crippen LogP contribution < -0.4 is 4.90 Å². The molecule has 1 aromatic rings. The van der Waals surface area contributed by atoms with Crippen LogP contribution >= 0.6 is 0 Å². The van der Waals surface area contributed by atoms with Gasteiger partial charge in [0.15, 0.2) is 11.5 Å². The highest BCUT2D eigenvalue weighted by Crippen LogP contribution is 2.34. The van der Waals surface area contributed by atoms with Crippen molar-refractivity contribution in [3.63, 3.8) is 0 Å². The second-order valence-electron chi connectivity index (χ2n) is 4.60. The number of hydrogen-bond donors (Lipinski definition) is 1. The topological polar surface area (TPSA) is 36.4 Å². The van der Waals surface area contributed by atoms with Gasteiger partial charge in [0.25, 0.3) is 0 Å². The monoisotopic (exact) mass is 278 g/mol. The van der Waals surface area contributed by atoms with Crippen LogP contribution in [0.25, 0.3) is 0 Å². The molecule has 0 amide bonds. The Morgan fingerprint density at radius 2 is 1.95 bits per heavy atom. The third-order valence-corrected chi connectivity index (χ3v) is 3.35. The summed E-state index contributed by atoms with van der Waals surface area (Å²) >= 11 is 0. The van der Waals surface area contributed by atoms with E-state index in [2.05, 4.69) is 4.98 Å². The van der Waals surface area contributed by atoms with Crippen LogP contribution in [0.15, 0.2) is 12.3 Å². The maximum atomic E-state index is 13.9. The first-order chi connectivity index (χ1) is 8.93. The second kappa shape index (κ2) is 5.32. The lowest BCUT2D eigenvalue weighted by molar-refractivity contribution is -0.143. The highest BCUT2D eigenvalue weighted by atomic mass is 19.4. The maximum absolute atomic E-state index is 13.9. The minimum absolute atomic E-state index is 0.0560. The first kappa shape index (κ1) is 14.0. The summed E-state index contributed by atoms with van der Waals surface area (Å²) in [5, 5.41) is 9.00. The van der Waals surface area contributed by atoms with E-state index in [-0.39, 0.29) is 18.2 Å². The van der Waals surface area contributed by atoms with Crippen molar-refractivity contribution in [3.8, 4) is 0 Å². The van der Waals surface area contributed by atoms with Gasteiger partial charge in [-0.3, -0.25) is 0 Å². The summed E-state index contributed by atoms with van der Waals surface area (Å²) < 4.78 is 51.5. The lowest BCUT2D eigenvalue weighted by Gasteiger charge is -2.33. The summed E-state index contributed by atoms with van der Waals surface area (Å²) in [4.78, 5) is 4.64. The van der Waals surface area contributed by atoms with Crippen LogP contribution in [0.1, 0.15) is 18.5 Å². The highest BCUT2D eigenvalue weighted by Gasteiger charge is 2.37. The number of nitrogens with zero attached hydrogens (tertiary/aromatic N) is 2. The molecule has 2 heterocycles. The Bertz CT molecular complexity index is 442. The molecule has 1 fully saturated rings. The number of pyridine rings is 1. The van der Waals surface area contributed by atoms with Gasteiger partial charge in [0, 0.05) is 25.9 Å². The van der Waals surface area contributed by atoms with Crippen molar-refractivity contribution in [2.75, 3.05) is 24.6 Å². The van der Waals surface area contributed by atoms with E-state index in [1.165, 1.54) is 6.07 Å². The summed E-state index contributed by atoms with van der Waals surface area (Å²) in [5.74, 6) is -1.18. The number of anilines is 1. The number of rotatable bonds is 2. The van der Waals surface area contributed by atoms with Gasteiger partial charge in [0.1, 0.15) is 0 Å². The Morgan fingerprint density at radius 3 is 2.47 bits per heavy atom. The average molecular weight is 278 g/mol. The van der Waals surface area contributed by atoms with Crippen LogP contribution in [-0.4, -0.2) is 29.8 Å². The Labute approximate surface area is 107 Å². The van der Waals surface area contributed by atoms with Crippen LogP contribution in [0.5, 0.6) is 0 Å². The van der Waals surface area contributed by atoms with E-state index in [1.54, 1.807) is 4.90 Å². The van der Waals surface area contributed by atoms with Crippen molar-refractivity contribution in [2.45, 2.75) is 19.0 Å². The number of aliphatic hydroxyl groups is 1. The van der Waals surface area contributed by atoms with Crippen molar-refractivity contribution in [1.82, 2.24) is 4.98 Å². The fourth-order valence-corrected chi connectivity index (χ4v) is 2.23. The molecule has 0 aromatic carbocycles. The molecule has 1 N–H and O–H groups in total. The molecule has 19 heavy (non-hydrogen) atoms. The summed E-state index contributed by atoms with van der Waals surface area (Å²) in [5.41, 5.74) is -1.55. The molecule has 3 nitrogen and oxygen atoms in total. The molecule has 1 aromatic heterocycles. The molecule has 106 valence electrons. The summed E-state index contributed by atoms with van der Waals surface area (Å²) in [6.07, 6.45) is -2.54. The minimum Gasteiger partial charge on any atom is -0.396 e. The van der Waals surface area contributed by atoms with Gasteiger partial charge in [0.2, 0.25) is 0 Å². The van der Waals surface area contributed by atoms with Crippen molar-refractivity contribution in [3.05, 3.63) is 23.8 Å². The predicted molar refractivity (Wildman–Crippen MR) is 61.2 cm³/mol. The van der Waals surface area contributed by atoms with E-state index >= 15 is 0 Å². The van der Waals surface area contributed by atoms with Gasteiger partial charge in [-0.25, -0.2) is 9.37 Å². The van der Waals surface area contributed by atoms with E-state index in [1.807, 2.05) is 0 Å². The van der Waals surface area contributed by atoms with Gasteiger partial charge in [0.05, 0.1) is 5.69 Å². The Morgan fingerprint density at radius 1 is 1.32 bits per heavy atom. The van der Waals surface area contributed by atoms with Crippen molar-refractivity contribution in [2.24, 2.45) is 5.92 Å². The van der Waals surface area contributed by atoms with E-state index < -0.39 is 17.7 Å². The van der Waals surface area contributed by atoms with Gasteiger partial charge in [-0.1, -0.05) is 0 Å². The normalized spacial score (nSPS) is 17.8. The molecule has 2 rings (SSSR count). The molecule has 1 aliphatic rings. The third kappa shape index (κ3) is 2.97. The molecule has 0 saturated carbocycles. The fourth-order valence-electron chi connectivity index (χ4n) is 2.23. The number of piperidine rings is 1. The lowest BCUT2D eigenvalue weighted by Crippen LogP contribution is -2.35. The summed E-state index contributed by atoms with van der Waals surface area (Å²) in [6.45, 7) is 0.924. The van der Waals surface area contributed by atoms with E-state index in [0.29, 0.717) is 25.9 Å². The molecule has 0 aliphatic carbocycles. The van der Waals surface area contributed by atoms with Gasteiger partial charge in [-0.05, 0) is 24.8 Å². The van der Waals surface area contributed by atoms with Crippen LogP contribution in [0.4, 0.5) is 23.2 Å². The van der Waals surface area contributed by atoms with Crippen LogP contribution in [0.2, 0.25) is 0 Å². The number of alkyl halides is 3. The van der Waals surface area contributed by atoms with Crippen molar-refractivity contribution >= 4 is 5.69 Å². The number of aromatic nitrogens is 1. The summed E-state index contributed by atoms with van der Waals surface area (Å²) in [7, 11) is 0. The molecule has 7 heteroatoms. The zero-order valence-electron chi connectivity index (χ0n) is 10.1. The zero-order chi connectivity index (χ0) is 14.0. The highest BCUT2D eigenvalue weighted by molar-refractivity contribution is 5.49. The van der Waals surface area contributed by atoms with Crippen molar-refractivity contribution in [1.29, 1.82) is 0 Å². The van der Waals surface area contributed by atoms with Crippen LogP contribution in [0, 0.1) is 11.7 Å². The van der Waals surface area contributed by atoms with E-state index in [4.69, 9.17) is 5.11 Å². The zero-order valence-corrected chi connectivity index (χ0v) is 10.1. The largest absolute Gasteiger partial charge is 0.436 e. The number of aliphatic hydroxyl groups excluding tert-OH is 1. The molecule has 0 spiro atoms. The SMILES string of the molecule is OCC1CCN(c2ccnc(C(F)(F)F)c2F)CC1. The van der Waals surface area contributed by atoms with Gasteiger partial charge < -0.3 is 10.0 Å². The minimum atomic E-state index is -4.79. The lowest BCUT2D eigenvalue weighted by atomic mass is 9.97. The first-order valence-corrected chi connectivity index (χ1v) is 6.01. The molecule has 1 aliphatic heterocycles. The Kier molecular flexibility index (Phi) is 3.93. The Hall–Kier alpha value is -1.37. The molecule has 0 bridgehead atoms. The van der Waals surface area contributed by atoms with Gasteiger partial charge in [-0.15, -0.1) is 0 Å². The molecule has 0 atom stereocenters. The molecule has 0 radical (unpaired) electrons.